The van der Waals surface area contributed by atoms with Gasteiger partial charge in [-0.05, 0) is 60.7 Å². The zero-order chi connectivity index (χ0) is 20.8. The Labute approximate surface area is 174 Å². The Morgan fingerprint density at radius 3 is 2.27 bits per heavy atom. The van der Waals surface area contributed by atoms with E-state index in [4.69, 9.17) is 4.74 Å². The highest BCUT2D eigenvalue weighted by Gasteiger charge is 2.07. The fraction of sp³-hybridized carbons (Fsp3) is 0.0400. The highest BCUT2D eigenvalue weighted by atomic mass is 19.1. The van der Waals surface area contributed by atoms with Crippen LogP contribution in [0.15, 0.2) is 97.1 Å². The third-order valence-electron chi connectivity index (χ3n) is 4.44. The van der Waals surface area contributed by atoms with E-state index < -0.39 is 0 Å². The molecule has 0 aliphatic rings. The van der Waals surface area contributed by atoms with Crippen molar-refractivity contribution in [2.45, 2.75) is 0 Å². The van der Waals surface area contributed by atoms with Gasteiger partial charge in [-0.15, -0.1) is 0 Å². The Morgan fingerprint density at radius 2 is 1.50 bits per heavy atom. The molecule has 1 aromatic heterocycles. The minimum absolute atomic E-state index is 0.0768. The molecule has 4 nitrogen and oxygen atoms in total. The molecule has 1 heterocycles. The van der Waals surface area contributed by atoms with E-state index in [-0.39, 0.29) is 18.3 Å². The quantitative estimate of drug-likeness (QED) is 0.462. The third-order valence-corrected chi connectivity index (χ3v) is 4.44. The molecule has 4 rings (SSSR count). The summed E-state index contributed by atoms with van der Waals surface area (Å²) < 4.78 is 18.7. The average Bonchev–Trinajstić information content (AvgIpc) is 2.79. The molecule has 5 heteroatoms. The number of ether oxygens (including phenoxy) is 1. The van der Waals surface area contributed by atoms with Crippen LogP contribution in [0.2, 0.25) is 0 Å². The molecular formula is C25H19FN2O2. The van der Waals surface area contributed by atoms with Crippen LogP contribution < -0.4 is 10.1 Å². The summed E-state index contributed by atoms with van der Waals surface area (Å²) >= 11 is 0. The van der Waals surface area contributed by atoms with Crippen molar-refractivity contribution in [3.63, 3.8) is 0 Å². The number of amides is 1. The lowest BCUT2D eigenvalue weighted by Crippen LogP contribution is -2.20. The molecule has 0 bridgehead atoms. The zero-order valence-corrected chi connectivity index (χ0v) is 16.1. The van der Waals surface area contributed by atoms with Crippen LogP contribution >= 0.6 is 0 Å². The summed E-state index contributed by atoms with van der Waals surface area (Å²) in [5, 5.41) is 2.84. The van der Waals surface area contributed by atoms with Gasteiger partial charge in [0.25, 0.3) is 5.91 Å². The fourth-order valence-electron chi connectivity index (χ4n) is 3.00. The first-order chi connectivity index (χ1) is 14.7. The number of carbonyl (C=O) groups excluding carboxylic acids is 1. The van der Waals surface area contributed by atoms with Crippen molar-refractivity contribution >= 4 is 11.6 Å². The van der Waals surface area contributed by atoms with Gasteiger partial charge in [0, 0.05) is 16.8 Å². The first kappa shape index (κ1) is 19.3. The summed E-state index contributed by atoms with van der Waals surface area (Å²) in [5.41, 5.74) is 3.86. The van der Waals surface area contributed by atoms with E-state index in [9.17, 15) is 9.18 Å². The number of benzene rings is 3. The van der Waals surface area contributed by atoms with Gasteiger partial charge in [-0.1, -0.05) is 36.4 Å². The maximum absolute atomic E-state index is 13.2. The van der Waals surface area contributed by atoms with Crippen LogP contribution in [0.5, 0.6) is 5.75 Å². The molecule has 0 aliphatic carbocycles. The van der Waals surface area contributed by atoms with Crippen LogP contribution in [-0.2, 0) is 4.79 Å². The number of para-hydroxylation sites is 1. The van der Waals surface area contributed by atoms with E-state index >= 15 is 0 Å². The van der Waals surface area contributed by atoms with Gasteiger partial charge in [-0.2, -0.15) is 0 Å². The minimum Gasteiger partial charge on any atom is -0.484 e. The van der Waals surface area contributed by atoms with Crippen LogP contribution in [0.3, 0.4) is 0 Å². The zero-order valence-electron chi connectivity index (χ0n) is 16.1. The summed E-state index contributed by atoms with van der Waals surface area (Å²) in [6.07, 6.45) is 0. The second-order valence-electron chi connectivity index (χ2n) is 6.65. The second kappa shape index (κ2) is 9.01. The van der Waals surface area contributed by atoms with Gasteiger partial charge in [0.2, 0.25) is 0 Å². The van der Waals surface area contributed by atoms with Gasteiger partial charge in [0.1, 0.15) is 11.6 Å². The number of hydrogen-bond donors (Lipinski definition) is 1. The molecule has 0 spiro atoms. The monoisotopic (exact) mass is 398 g/mol. The number of pyridine rings is 1. The van der Waals surface area contributed by atoms with Crippen molar-refractivity contribution in [1.82, 2.24) is 4.98 Å². The highest BCUT2D eigenvalue weighted by molar-refractivity contribution is 5.92. The number of aromatic nitrogens is 1. The van der Waals surface area contributed by atoms with E-state index in [1.165, 1.54) is 12.1 Å². The summed E-state index contributed by atoms with van der Waals surface area (Å²) in [6, 6.07) is 28.5. The summed E-state index contributed by atoms with van der Waals surface area (Å²) in [4.78, 5) is 16.9. The van der Waals surface area contributed by atoms with Gasteiger partial charge in [0.15, 0.2) is 6.61 Å². The summed E-state index contributed by atoms with van der Waals surface area (Å²) in [6.45, 7) is -0.0768. The summed E-state index contributed by atoms with van der Waals surface area (Å²) in [7, 11) is 0. The van der Waals surface area contributed by atoms with Crippen LogP contribution in [0, 0.1) is 5.82 Å². The molecule has 4 aromatic rings. The van der Waals surface area contributed by atoms with Gasteiger partial charge in [-0.3, -0.25) is 4.79 Å². The molecule has 148 valence electrons. The smallest absolute Gasteiger partial charge is 0.262 e. The second-order valence-corrected chi connectivity index (χ2v) is 6.65. The lowest BCUT2D eigenvalue weighted by molar-refractivity contribution is -0.118. The molecular weight excluding hydrogens is 379 g/mol. The molecule has 0 aliphatic heterocycles. The summed E-state index contributed by atoms with van der Waals surface area (Å²) in [5.74, 6) is 0.113. The number of nitrogens with one attached hydrogen (secondary N) is 1. The predicted molar refractivity (Wildman–Crippen MR) is 116 cm³/mol. The lowest BCUT2D eigenvalue weighted by atomic mass is 10.1. The van der Waals surface area contributed by atoms with E-state index in [0.717, 1.165) is 22.5 Å². The lowest BCUT2D eigenvalue weighted by Gasteiger charge is -2.09. The Balaban J connectivity index is 1.47. The number of anilines is 1. The Kier molecular flexibility index (Phi) is 5.80. The molecule has 3 aromatic carbocycles. The van der Waals surface area contributed by atoms with Crippen LogP contribution in [0.1, 0.15) is 0 Å². The maximum atomic E-state index is 13.2. The van der Waals surface area contributed by atoms with E-state index in [2.05, 4.69) is 10.3 Å². The number of hydrogen-bond acceptors (Lipinski definition) is 3. The van der Waals surface area contributed by atoms with Gasteiger partial charge < -0.3 is 10.1 Å². The van der Waals surface area contributed by atoms with Gasteiger partial charge in [-0.25, -0.2) is 9.37 Å². The number of halogens is 1. The number of nitrogens with zero attached hydrogens (tertiary/aromatic N) is 1. The molecule has 30 heavy (non-hydrogen) atoms. The SMILES string of the molecule is O=C(COc1ccccc1)Nc1cccc(-c2cccc(-c3ccc(F)cc3)n2)c1. The first-order valence-electron chi connectivity index (χ1n) is 9.48. The molecule has 0 atom stereocenters. The molecule has 0 saturated heterocycles. The van der Waals surface area contributed by atoms with Crippen molar-refractivity contribution in [3.8, 4) is 28.3 Å². The third kappa shape index (κ3) is 4.89. The number of carbonyl (C=O) groups is 1. The largest absolute Gasteiger partial charge is 0.484 e. The minimum atomic E-state index is -0.283. The molecule has 1 amide bonds. The average molecular weight is 398 g/mol. The van der Waals surface area contributed by atoms with Crippen molar-refractivity contribution in [1.29, 1.82) is 0 Å². The van der Waals surface area contributed by atoms with Crippen LogP contribution in [0.25, 0.3) is 22.5 Å². The molecule has 0 radical (unpaired) electrons. The van der Waals surface area contributed by atoms with E-state index in [1.807, 2.05) is 60.7 Å². The highest BCUT2D eigenvalue weighted by Crippen LogP contribution is 2.25. The van der Waals surface area contributed by atoms with Gasteiger partial charge >= 0.3 is 0 Å². The fourth-order valence-corrected chi connectivity index (χ4v) is 3.00. The predicted octanol–water partition coefficient (Wildman–Crippen LogP) is 5.57. The Morgan fingerprint density at radius 1 is 0.800 bits per heavy atom. The standard InChI is InChI=1S/C25H19FN2O2/c26-20-14-12-18(13-15-20)23-10-5-11-24(28-23)19-6-4-7-21(16-19)27-25(29)17-30-22-8-2-1-3-9-22/h1-16H,17H2,(H,27,29). The van der Waals surface area contributed by atoms with Crippen molar-refractivity contribution < 1.29 is 13.9 Å². The van der Waals surface area contributed by atoms with Crippen molar-refractivity contribution in [2.75, 3.05) is 11.9 Å². The maximum Gasteiger partial charge on any atom is 0.262 e. The normalized spacial score (nSPS) is 10.4. The topological polar surface area (TPSA) is 51.2 Å². The van der Waals surface area contributed by atoms with Crippen molar-refractivity contribution in [3.05, 3.63) is 103 Å². The Bertz CT molecular complexity index is 1150. The number of rotatable bonds is 6. The van der Waals surface area contributed by atoms with Crippen LogP contribution in [0.4, 0.5) is 10.1 Å². The molecule has 0 saturated carbocycles. The van der Waals surface area contributed by atoms with E-state index in [0.29, 0.717) is 11.4 Å². The molecule has 0 unspecified atom stereocenters. The van der Waals surface area contributed by atoms with Crippen LogP contribution in [-0.4, -0.2) is 17.5 Å². The molecule has 0 fully saturated rings. The Hall–Kier alpha value is -3.99. The van der Waals surface area contributed by atoms with E-state index in [1.54, 1.807) is 24.3 Å². The molecule has 1 N–H and O–H groups in total. The van der Waals surface area contributed by atoms with Gasteiger partial charge in [0.05, 0.1) is 11.4 Å². The van der Waals surface area contributed by atoms with Crippen molar-refractivity contribution in [2.24, 2.45) is 0 Å². The first-order valence-corrected chi connectivity index (χ1v) is 9.48.